The fourth-order valence-electron chi connectivity index (χ4n) is 2.18. The van der Waals surface area contributed by atoms with Gasteiger partial charge in [0.25, 0.3) is 0 Å². The van der Waals surface area contributed by atoms with Crippen LogP contribution in [-0.4, -0.2) is 21.0 Å². The highest BCUT2D eigenvalue weighted by molar-refractivity contribution is 7.38. The zero-order valence-electron chi connectivity index (χ0n) is 10.5. The lowest BCUT2D eigenvalue weighted by atomic mass is 9.92. The molecule has 0 radical (unpaired) electrons. The van der Waals surface area contributed by atoms with Gasteiger partial charge in [-0.15, -0.1) is 0 Å². The smallest absolute Gasteiger partial charge is 0.312 e. The van der Waals surface area contributed by atoms with Crippen molar-refractivity contribution < 1.29 is 19.4 Å². The summed E-state index contributed by atoms with van der Waals surface area (Å²) < 4.78 is 11.7. The molecule has 3 atom stereocenters. The van der Waals surface area contributed by atoms with Crippen LogP contribution in [-0.2, 0) is 9.36 Å². The van der Waals surface area contributed by atoms with Gasteiger partial charge in [-0.2, -0.15) is 0 Å². The maximum Gasteiger partial charge on any atom is 0.312 e. The number of benzene rings is 1. The molecule has 2 rings (SSSR count). The fraction of sp³-hybridized carbons (Fsp3) is 0.143. The molecular weight excluding hydrogens is 277 g/mol. The highest BCUT2D eigenvalue weighted by atomic mass is 31.1. The Hall–Kier alpha value is -1.97. The summed E-state index contributed by atoms with van der Waals surface area (Å²) in [4.78, 5) is 25.1. The van der Waals surface area contributed by atoms with Crippen molar-refractivity contribution in [3.63, 3.8) is 0 Å². The molecule has 0 fully saturated rings. The van der Waals surface area contributed by atoms with Crippen LogP contribution in [0, 0.1) is 0 Å². The minimum Gasteiger partial charge on any atom is -0.481 e. The van der Waals surface area contributed by atoms with Crippen LogP contribution in [0.15, 0.2) is 54.9 Å². The monoisotopic (exact) mass is 291 g/mol. The number of hydrogen-bond donors (Lipinski definition) is 2. The summed E-state index contributed by atoms with van der Waals surface area (Å²) in [6.45, 7) is 0. The van der Waals surface area contributed by atoms with Gasteiger partial charge in [-0.3, -0.25) is 14.3 Å². The molecule has 104 valence electrons. The maximum atomic E-state index is 11.7. The molecule has 20 heavy (non-hydrogen) atoms. The van der Waals surface area contributed by atoms with Crippen molar-refractivity contribution in [2.24, 2.45) is 0 Å². The van der Waals surface area contributed by atoms with E-state index in [1.165, 1.54) is 12.4 Å². The molecule has 1 aromatic heterocycles. The van der Waals surface area contributed by atoms with Crippen molar-refractivity contribution in [3.8, 4) is 0 Å². The molecule has 0 saturated heterocycles. The lowest BCUT2D eigenvalue weighted by Crippen LogP contribution is -2.18. The molecular formula is C14H14NO4P. The van der Waals surface area contributed by atoms with Gasteiger partial charge in [-0.25, -0.2) is 0 Å². The first-order valence-corrected chi connectivity index (χ1v) is 7.45. The Bertz CT molecular complexity index is 548. The zero-order chi connectivity index (χ0) is 14.5. The van der Waals surface area contributed by atoms with Crippen molar-refractivity contribution >= 4 is 14.0 Å². The molecule has 2 aromatic rings. The van der Waals surface area contributed by atoms with Crippen LogP contribution in [0.4, 0.5) is 0 Å². The van der Waals surface area contributed by atoms with Gasteiger partial charge in [-0.1, -0.05) is 36.4 Å². The Kier molecular flexibility index (Phi) is 4.66. The Morgan fingerprint density at radius 3 is 2.25 bits per heavy atom. The van der Waals surface area contributed by atoms with E-state index in [-0.39, 0.29) is 0 Å². The topological polar surface area (TPSA) is 87.5 Å². The number of carboxylic acids is 1. The summed E-state index contributed by atoms with van der Waals surface area (Å²) in [6.07, 6.45) is 2.97. The van der Waals surface area contributed by atoms with Crippen molar-refractivity contribution in [3.05, 3.63) is 66.0 Å². The summed E-state index contributed by atoms with van der Waals surface area (Å²) in [5.74, 6) is -2.20. The minimum absolute atomic E-state index is 0.454. The van der Waals surface area contributed by atoms with E-state index in [2.05, 4.69) is 4.98 Å². The third-order valence-corrected chi connectivity index (χ3v) is 4.27. The third kappa shape index (κ3) is 3.13. The second-order valence-corrected chi connectivity index (χ2v) is 5.63. The molecule has 6 heteroatoms. The SMILES string of the molecule is O=C(O)C(c1ccccc1)C(c1cccnc1)[PH](=O)O. The van der Waals surface area contributed by atoms with Gasteiger partial charge in [-0.05, 0) is 17.2 Å². The van der Waals surface area contributed by atoms with E-state index in [1.54, 1.807) is 42.5 Å². The third-order valence-electron chi connectivity index (χ3n) is 3.07. The summed E-state index contributed by atoms with van der Waals surface area (Å²) in [7, 11) is -3.09. The normalized spacial score (nSPS) is 15.2. The first-order chi connectivity index (χ1) is 9.61. The highest BCUT2D eigenvalue weighted by Crippen LogP contribution is 2.47. The number of pyridine rings is 1. The van der Waals surface area contributed by atoms with Crippen LogP contribution < -0.4 is 0 Å². The molecule has 2 N–H and O–H groups in total. The molecule has 0 aliphatic heterocycles. The predicted octanol–water partition coefficient (Wildman–Crippen LogP) is 2.46. The van der Waals surface area contributed by atoms with E-state index >= 15 is 0 Å². The van der Waals surface area contributed by atoms with Gasteiger partial charge in [0.2, 0.25) is 0 Å². The van der Waals surface area contributed by atoms with E-state index in [0.717, 1.165) is 0 Å². The number of carboxylic acid groups (broad SMARTS) is 1. The Morgan fingerprint density at radius 2 is 1.75 bits per heavy atom. The summed E-state index contributed by atoms with van der Waals surface area (Å²) in [6, 6.07) is 11.7. The van der Waals surface area contributed by atoms with Crippen molar-refractivity contribution in [2.75, 3.05) is 0 Å². The van der Waals surface area contributed by atoms with Crippen LogP contribution in [0.25, 0.3) is 0 Å². The second kappa shape index (κ2) is 6.46. The van der Waals surface area contributed by atoms with Crippen LogP contribution in [0.5, 0.6) is 0 Å². The summed E-state index contributed by atoms with van der Waals surface area (Å²) >= 11 is 0. The number of hydrogen-bond acceptors (Lipinski definition) is 3. The van der Waals surface area contributed by atoms with Gasteiger partial charge < -0.3 is 10.00 Å². The van der Waals surface area contributed by atoms with Crippen LogP contribution in [0.2, 0.25) is 0 Å². The van der Waals surface area contributed by atoms with Crippen molar-refractivity contribution in [1.82, 2.24) is 4.98 Å². The van der Waals surface area contributed by atoms with Gasteiger partial charge in [0, 0.05) is 12.4 Å². The second-order valence-electron chi connectivity index (χ2n) is 4.33. The number of carbonyl (C=O) groups is 1. The van der Waals surface area contributed by atoms with Gasteiger partial charge in [0.05, 0.1) is 11.6 Å². The zero-order valence-corrected chi connectivity index (χ0v) is 11.5. The Morgan fingerprint density at radius 1 is 1.10 bits per heavy atom. The Labute approximate surface area is 116 Å². The largest absolute Gasteiger partial charge is 0.481 e. The van der Waals surface area contributed by atoms with Gasteiger partial charge in [0.15, 0.2) is 8.03 Å². The van der Waals surface area contributed by atoms with Crippen molar-refractivity contribution in [2.45, 2.75) is 11.6 Å². The minimum atomic E-state index is -3.09. The lowest BCUT2D eigenvalue weighted by molar-refractivity contribution is -0.138. The van der Waals surface area contributed by atoms with E-state index in [0.29, 0.717) is 11.1 Å². The van der Waals surface area contributed by atoms with E-state index in [9.17, 15) is 19.4 Å². The molecule has 0 aliphatic carbocycles. The molecule has 5 nitrogen and oxygen atoms in total. The standard InChI is InChI=1S/C14H14NO4P/c16-14(17)12(10-5-2-1-3-6-10)13(20(18)19)11-7-4-8-15-9-11/h1-9,12-13,20H,(H,16,17)(H,18,19). The maximum absolute atomic E-state index is 11.7. The van der Waals surface area contributed by atoms with E-state index < -0.39 is 25.6 Å². The van der Waals surface area contributed by atoms with Crippen molar-refractivity contribution in [1.29, 1.82) is 0 Å². The van der Waals surface area contributed by atoms with Crippen LogP contribution in [0.1, 0.15) is 22.7 Å². The van der Waals surface area contributed by atoms with E-state index in [4.69, 9.17) is 0 Å². The number of nitrogens with zero attached hydrogens (tertiary/aromatic N) is 1. The fourth-order valence-corrected chi connectivity index (χ4v) is 3.25. The summed E-state index contributed by atoms with van der Waals surface area (Å²) in [5.41, 5.74) is -0.0370. The number of aliphatic carboxylic acids is 1. The number of aromatic nitrogens is 1. The van der Waals surface area contributed by atoms with E-state index in [1.807, 2.05) is 0 Å². The lowest BCUT2D eigenvalue weighted by Gasteiger charge is -2.22. The predicted molar refractivity (Wildman–Crippen MR) is 75.0 cm³/mol. The Balaban J connectivity index is 2.50. The molecule has 0 bridgehead atoms. The summed E-state index contributed by atoms with van der Waals surface area (Å²) in [5, 5.41) is 9.45. The number of rotatable bonds is 5. The highest BCUT2D eigenvalue weighted by Gasteiger charge is 2.34. The quantitative estimate of drug-likeness (QED) is 0.826. The van der Waals surface area contributed by atoms with Gasteiger partial charge in [0.1, 0.15) is 0 Å². The average Bonchev–Trinajstić information content (AvgIpc) is 2.45. The molecule has 0 amide bonds. The van der Waals surface area contributed by atoms with Crippen LogP contribution >= 0.6 is 8.03 Å². The van der Waals surface area contributed by atoms with Gasteiger partial charge >= 0.3 is 5.97 Å². The molecule has 3 unspecified atom stereocenters. The first kappa shape index (κ1) is 14.4. The van der Waals surface area contributed by atoms with Crippen LogP contribution in [0.3, 0.4) is 0 Å². The molecule has 0 spiro atoms. The first-order valence-electron chi connectivity index (χ1n) is 6.01. The molecule has 0 aliphatic rings. The average molecular weight is 291 g/mol. The molecule has 1 aromatic carbocycles. The molecule has 0 saturated carbocycles. The molecule has 1 heterocycles.